The fourth-order valence-electron chi connectivity index (χ4n) is 1.98. The van der Waals surface area contributed by atoms with Gasteiger partial charge in [-0.15, -0.1) is 0 Å². The van der Waals surface area contributed by atoms with Gasteiger partial charge in [-0.25, -0.2) is 4.79 Å². The van der Waals surface area contributed by atoms with Crippen LogP contribution in [0.3, 0.4) is 0 Å². The van der Waals surface area contributed by atoms with Crippen LogP contribution >= 0.6 is 0 Å². The van der Waals surface area contributed by atoms with Gasteiger partial charge in [-0.1, -0.05) is 19.1 Å². The molecule has 124 valence electrons. The summed E-state index contributed by atoms with van der Waals surface area (Å²) >= 11 is 0. The summed E-state index contributed by atoms with van der Waals surface area (Å²) in [5.41, 5.74) is 1.73. The van der Waals surface area contributed by atoms with Gasteiger partial charge in [-0.2, -0.15) is 5.26 Å². The zero-order valence-corrected chi connectivity index (χ0v) is 13.5. The molecule has 0 aliphatic carbocycles. The molecule has 2 aromatic rings. The molecule has 5 nitrogen and oxygen atoms in total. The summed E-state index contributed by atoms with van der Waals surface area (Å²) in [4.78, 5) is 11.6. The average molecular weight is 325 g/mol. The Morgan fingerprint density at radius 2 is 1.83 bits per heavy atom. The number of nitriles is 1. The van der Waals surface area contributed by atoms with Crippen molar-refractivity contribution in [2.75, 3.05) is 19.8 Å². The van der Waals surface area contributed by atoms with Gasteiger partial charge in [-0.05, 0) is 48.4 Å². The van der Waals surface area contributed by atoms with Gasteiger partial charge in [-0.3, -0.25) is 0 Å². The molecule has 5 heteroatoms. The molecule has 0 amide bonds. The van der Waals surface area contributed by atoms with Gasteiger partial charge in [0, 0.05) is 0 Å². The van der Waals surface area contributed by atoms with Gasteiger partial charge in [0.25, 0.3) is 0 Å². The van der Waals surface area contributed by atoms with Crippen molar-refractivity contribution in [2.24, 2.45) is 0 Å². The molecule has 2 rings (SSSR count). The minimum atomic E-state index is -0.467. The first kappa shape index (κ1) is 17.4. The summed E-state index contributed by atoms with van der Waals surface area (Å²) in [6, 6.07) is 16.3. The second-order valence-electron chi connectivity index (χ2n) is 4.99. The number of hydrogen-bond donors (Lipinski definition) is 0. The van der Waals surface area contributed by atoms with E-state index in [4.69, 9.17) is 19.5 Å². The minimum absolute atomic E-state index is 0.159. The van der Waals surface area contributed by atoms with Crippen molar-refractivity contribution in [2.45, 2.75) is 13.3 Å². The molecule has 0 spiro atoms. The molecule has 0 aliphatic heterocycles. The van der Waals surface area contributed by atoms with Crippen LogP contribution in [0.1, 0.15) is 18.1 Å². The lowest BCUT2D eigenvalue weighted by Gasteiger charge is -2.09. The standard InChI is InChI=1S/C19H19NO4/c1-2-15-4-3-5-18(12-15)22-10-11-23-19(21)14-24-17-8-6-16(13-20)7-9-17/h3-9,12H,2,10-11,14H2,1H3. The number of carbonyl (C=O) groups excluding carboxylic acids is 1. The number of aryl methyl sites for hydroxylation is 1. The number of nitrogens with zero attached hydrogens (tertiary/aromatic N) is 1. The Labute approximate surface area is 141 Å². The lowest BCUT2D eigenvalue weighted by Crippen LogP contribution is -2.18. The van der Waals surface area contributed by atoms with Gasteiger partial charge in [0.05, 0.1) is 11.6 Å². The number of rotatable bonds is 8. The molecule has 0 fully saturated rings. The highest BCUT2D eigenvalue weighted by molar-refractivity contribution is 5.71. The van der Waals surface area contributed by atoms with Crippen LogP contribution in [0, 0.1) is 11.3 Å². The maximum absolute atomic E-state index is 11.6. The van der Waals surface area contributed by atoms with Gasteiger partial charge in [0.2, 0.25) is 0 Å². The SMILES string of the molecule is CCc1cccc(OCCOC(=O)COc2ccc(C#N)cc2)c1. The first-order chi connectivity index (χ1) is 11.7. The summed E-state index contributed by atoms with van der Waals surface area (Å²) in [5.74, 6) is 0.808. The highest BCUT2D eigenvalue weighted by Gasteiger charge is 2.05. The Bertz CT molecular complexity index is 704. The molecule has 0 saturated heterocycles. The first-order valence-corrected chi connectivity index (χ1v) is 7.71. The fraction of sp³-hybridized carbons (Fsp3) is 0.263. The summed E-state index contributed by atoms with van der Waals surface area (Å²) in [6.45, 7) is 2.34. The minimum Gasteiger partial charge on any atom is -0.490 e. The Hall–Kier alpha value is -3.00. The van der Waals surface area contributed by atoms with Gasteiger partial charge in [0.15, 0.2) is 6.61 Å². The van der Waals surface area contributed by atoms with E-state index in [0.717, 1.165) is 12.2 Å². The molecule has 0 radical (unpaired) electrons. The molecule has 0 N–H and O–H groups in total. The number of carbonyl (C=O) groups is 1. The van der Waals surface area contributed by atoms with Crippen LogP contribution in [0.4, 0.5) is 0 Å². The summed E-state index contributed by atoms with van der Waals surface area (Å²) in [6.07, 6.45) is 0.943. The molecule has 0 heterocycles. The van der Waals surface area contributed by atoms with E-state index in [1.165, 1.54) is 5.56 Å². The smallest absolute Gasteiger partial charge is 0.344 e. The van der Waals surface area contributed by atoms with E-state index in [2.05, 4.69) is 6.92 Å². The van der Waals surface area contributed by atoms with E-state index in [0.29, 0.717) is 11.3 Å². The molecule has 2 aromatic carbocycles. The Morgan fingerprint density at radius 3 is 2.54 bits per heavy atom. The van der Waals surface area contributed by atoms with Crippen molar-refractivity contribution >= 4 is 5.97 Å². The Kier molecular flexibility index (Phi) is 6.66. The quantitative estimate of drug-likeness (QED) is 0.551. The van der Waals surface area contributed by atoms with Crippen LogP contribution in [-0.4, -0.2) is 25.8 Å². The molecule has 0 aromatic heterocycles. The normalized spacial score (nSPS) is 9.83. The third-order valence-electron chi connectivity index (χ3n) is 3.26. The topological polar surface area (TPSA) is 68.6 Å². The second kappa shape index (κ2) is 9.21. The fourth-order valence-corrected chi connectivity index (χ4v) is 1.98. The van der Waals surface area contributed by atoms with Crippen molar-refractivity contribution in [1.82, 2.24) is 0 Å². The number of ether oxygens (including phenoxy) is 3. The molecular weight excluding hydrogens is 306 g/mol. The van der Waals surface area contributed by atoms with Crippen molar-refractivity contribution in [1.29, 1.82) is 5.26 Å². The molecule has 24 heavy (non-hydrogen) atoms. The lowest BCUT2D eigenvalue weighted by atomic mass is 10.2. The molecule has 0 aliphatic rings. The van der Waals surface area contributed by atoms with E-state index in [-0.39, 0.29) is 19.8 Å². The summed E-state index contributed by atoms with van der Waals surface area (Å²) in [7, 11) is 0. The van der Waals surface area contributed by atoms with Crippen LogP contribution in [0.15, 0.2) is 48.5 Å². The van der Waals surface area contributed by atoms with Crippen LogP contribution < -0.4 is 9.47 Å². The van der Waals surface area contributed by atoms with Crippen LogP contribution in [0.2, 0.25) is 0 Å². The number of esters is 1. The number of hydrogen-bond acceptors (Lipinski definition) is 5. The van der Waals surface area contributed by atoms with Crippen molar-refractivity contribution in [3.8, 4) is 17.6 Å². The van der Waals surface area contributed by atoms with Gasteiger partial charge >= 0.3 is 5.97 Å². The largest absolute Gasteiger partial charge is 0.490 e. The molecule has 0 bridgehead atoms. The maximum atomic E-state index is 11.6. The third-order valence-corrected chi connectivity index (χ3v) is 3.26. The van der Waals surface area contributed by atoms with E-state index in [1.54, 1.807) is 24.3 Å². The predicted octanol–water partition coefficient (Wildman–Crippen LogP) is 3.12. The van der Waals surface area contributed by atoms with E-state index >= 15 is 0 Å². The highest BCUT2D eigenvalue weighted by atomic mass is 16.6. The van der Waals surface area contributed by atoms with Crippen molar-refractivity contribution < 1.29 is 19.0 Å². The molecule has 0 unspecified atom stereocenters. The van der Waals surface area contributed by atoms with Crippen LogP contribution in [0.25, 0.3) is 0 Å². The van der Waals surface area contributed by atoms with Gasteiger partial charge < -0.3 is 14.2 Å². The lowest BCUT2D eigenvalue weighted by molar-refractivity contribution is -0.146. The molecule has 0 atom stereocenters. The van der Waals surface area contributed by atoms with E-state index < -0.39 is 5.97 Å². The predicted molar refractivity (Wildman–Crippen MR) is 88.9 cm³/mol. The molecule has 0 saturated carbocycles. The van der Waals surface area contributed by atoms with Crippen molar-refractivity contribution in [3.63, 3.8) is 0 Å². The van der Waals surface area contributed by atoms with Crippen LogP contribution in [-0.2, 0) is 16.0 Å². The first-order valence-electron chi connectivity index (χ1n) is 7.71. The summed E-state index contributed by atoms with van der Waals surface area (Å²) in [5, 5.41) is 8.70. The van der Waals surface area contributed by atoms with Crippen LogP contribution in [0.5, 0.6) is 11.5 Å². The highest BCUT2D eigenvalue weighted by Crippen LogP contribution is 2.13. The van der Waals surface area contributed by atoms with Crippen molar-refractivity contribution in [3.05, 3.63) is 59.7 Å². The summed E-state index contributed by atoms with van der Waals surface area (Å²) < 4.78 is 15.9. The third kappa shape index (κ3) is 5.65. The Balaban J connectivity index is 1.65. The second-order valence-corrected chi connectivity index (χ2v) is 4.99. The zero-order chi connectivity index (χ0) is 17.2. The Morgan fingerprint density at radius 1 is 1.04 bits per heavy atom. The monoisotopic (exact) mass is 325 g/mol. The maximum Gasteiger partial charge on any atom is 0.344 e. The van der Waals surface area contributed by atoms with E-state index in [1.807, 2.05) is 30.3 Å². The average Bonchev–Trinajstić information content (AvgIpc) is 2.64. The number of benzene rings is 2. The van der Waals surface area contributed by atoms with Gasteiger partial charge in [0.1, 0.15) is 24.7 Å². The zero-order valence-electron chi connectivity index (χ0n) is 13.5. The van der Waals surface area contributed by atoms with E-state index in [9.17, 15) is 4.79 Å². The molecular formula is C19H19NO4.